The van der Waals surface area contributed by atoms with E-state index in [1.807, 2.05) is 30.3 Å². The molecule has 0 aliphatic heterocycles. The van der Waals surface area contributed by atoms with E-state index >= 15 is 0 Å². The first-order chi connectivity index (χ1) is 16.4. The smallest absolute Gasteiger partial charge is 0.341 e. The van der Waals surface area contributed by atoms with Gasteiger partial charge in [0, 0.05) is 28.1 Å². The van der Waals surface area contributed by atoms with E-state index in [9.17, 15) is 19.7 Å². The summed E-state index contributed by atoms with van der Waals surface area (Å²) in [5.74, 6) is -1.38. The van der Waals surface area contributed by atoms with Gasteiger partial charge in [-0.2, -0.15) is 0 Å². The summed E-state index contributed by atoms with van der Waals surface area (Å²) in [6, 6.07) is 20.6. The highest BCUT2D eigenvalue weighted by Gasteiger charge is 2.22. The molecule has 0 heterocycles. The fourth-order valence-electron chi connectivity index (χ4n) is 3.37. The standard InChI is InChI=1S/C25H23ClN2O6/c1-33-25(30)22-12-11-21(14-23(22)34-16-17-5-3-2-4-6-17)27-24(29)13-19(15-28(31)32)18-7-9-20(26)10-8-18/h2-12,14,19H,13,15-16H2,1H3,(H,27,29). The van der Waals surface area contributed by atoms with E-state index in [0.29, 0.717) is 16.3 Å². The highest BCUT2D eigenvalue weighted by atomic mass is 35.5. The minimum Gasteiger partial charge on any atom is -0.488 e. The molecule has 0 aliphatic carbocycles. The van der Waals surface area contributed by atoms with Crippen LogP contribution in [0.3, 0.4) is 0 Å². The average Bonchev–Trinajstić information content (AvgIpc) is 2.83. The van der Waals surface area contributed by atoms with Gasteiger partial charge in [0.15, 0.2) is 0 Å². The van der Waals surface area contributed by atoms with E-state index in [4.69, 9.17) is 21.1 Å². The molecule has 3 aromatic rings. The third-order valence-electron chi connectivity index (χ3n) is 5.05. The Balaban J connectivity index is 1.75. The molecule has 0 spiro atoms. The second-order valence-corrected chi connectivity index (χ2v) is 7.93. The molecular weight excluding hydrogens is 460 g/mol. The molecule has 176 valence electrons. The molecule has 0 saturated heterocycles. The molecule has 1 N–H and O–H groups in total. The van der Waals surface area contributed by atoms with Crippen LogP contribution in [0.5, 0.6) is 5.75 Å². The fraction of sp³-hybridized carbons (Fsp3) is 0.200. The summed E-state index contributed by atoms with van der Waals surface area (Å²) in [6.07, 6.45) is -0.110. The van der Waals surface area contributed by atoms with Crippen molar-refractivity contribution in [2.75, 3.05) is 19.0 Å². The summed E-state index contributed by atoms with van der Waals surface area (Å²) >= 11 is 5.90. The summed E-state index contributed by atoms with van der Waals surface area (Å²) in [5, 5.41) is 14.4. The minimum absolute atomic E-state index is 0.110. The number of benzene rings is 3. The van der Waals surface area contributed by atoms with Crippen LogP contribution in [0.1, 0.15) is 33.8 Å². The first-order valence-corrected chi connectivity index (χ1v) is 10.8. The van der Waals surface area contributed by atoms with Crippen LogP contribution >= 0.6 is 11.6 Å². The molecule has 0 saturated carbocycles. The topological polar surface area (TPSA) is 108 Å². The predicted molar refractivity (Wildman–Crippen MR) is 128 cm³/mol. The van der Waals surface area contributed by atoms with Gasteiger partial charge in [0.25, 0.3) is 0 Å². The SMILES string of the molecule is COC(=O)c1ccc(NC(=O)CC(C[N+](=O)[O-])c2ccc(Cl)cc2)cc1OCc1ccccc1. The van der Waals surface area contributed by atoms with Gasteiger partial charge in [-0.05, 0) is 35.4 Å². The number of ether oxygens (including phenoxy) is 2. The van der Waals surface area contributed by atoms with Crippen LogP contribution in [-0.4, -0.2) is 30.5 Å². The molecule has 3 rings (SSSR count). The van der Waals surface area contributed by atoms with Crippen molar-refractivity contribution in [3.05, 3.63) is 105 Å². The van der Waals surface area contributed by atoms with Crippen LogP contribution in [0.15, 0.2) is 72.8 Å². The first kappa shape index (κ1) is 24.7. The lowest BCUT2D eigenvalue weighted by molar-refractivity contribution is -0.483. The summed E-state index contributed by atoms with van der Waals surface area (Å²) in [6.45, 7) is -0.189. The Morgan fingerprint density at radius 2 is 1.76 bits per heavy atom. The molecule has 3 aromatic carbocycles. The maximum absolute atomic E-state index is 12.7. The van der Waals surface area contributed by atoms with Crippen LogP contribution < -0.4 is 10.1 Å². The number of rotatable bonds is 10. The van der Waals surface area contributed by atoms with Gasteiger partial charge >= 0.3 is 5.97 Å². The molecule has 1 unspecified atom stereocenters. The van der Waals surface area contributed by atoms with Crippen molar-refractivity contribution in [1.82, 2.24) is 0 Å². The number of hydrogen-bond acceptors (Lipinski definition) is 6. The van der Waals surface area contributed by atoms with E-state index < -0.39 is 29.3 Å². The lowest BCUT2D eigenvalue weighted by atomic mass is 9.95. The Morgan fingerprint density at radius 1 is 1.06 bits per heavy atom. The van der Waals surface area contributed by atoms with E-state index in [1.54, 1.807) is 30.3 Å². The Labute approximate surface area is 201 Å². The summed E-state index contributed by atoms with van der Waals surface area (Å²) < 4.78 is 10.6. The largest absolute Gasteiger partial charge is 0.488 e. The van der Waals surface area contributed by atoms with Crippen molar-refractivity contribution in [2.45, 2.75) is 18.9 Å². The second-order valence-electron chi connectivity index (χ2n) is 7.49. The van der Waals surface area contributed by atoms with E-state index in [1.165, 1.54) is 19.2 Å². The molecule has 0 radical (unpaired) electrons. The molecule has 1 atom stereocenters. The van der Waals surface area contributed by atoms with Crippen LogP contribution in [0.2, 0.25) is 5.02 Å². The van der Waals surface area contributed by atoms with Crippen LogP contribution in [0.4, 0.5) is 5.69 Å². The van der Waals surface area contributed by atoms with Crippen LogP contribution in [-0.2, 0) is 16.1 Å². The zero-order valence-electron chi connectivity index (χ0n) is 18.4. The van der Waals surface area contributed by atoms with Crippen molar-refractivity contribution in [3.8, 4) is 5.75 Å². The summed E-state index contributed by atoms with van der Waals surface area (Å²) in [4.78, 5) is 35.6. The van der Waals surface area contributed by atoms with Crippen molar-refractivity contribution >= 4 is 29.2 Å². The van der Waals surface area contributed by atoms with Crippen molar-refractivity contribution in [2.24, 2.45) is 0 Å². The highest BCUT2D eigenvalue weighted by molar-refractivity contribution is 6.30. The van der Waals surface area contributed by atoms with Gasteiger partial charge in [-0.25, -0.2) is 4.79 Å². The monoisotopic (exact) mass is 482 g/mol. The third-order valence-corrected chi connectivity index (χ3v) is 5.30. The number of nitrogens with zero attached hydrogens (tertiary/aromatic N) is 1. The Hall–Kier alpha value is -3.91. The first-order valence-electron chi connectivity index (χ1n) is 10.4. The maximum Gasteiger partial charge on any atom is 0.341 e. The van der Waals surface area contributed by atoms with Gasteiger partial charge in [-0.1, -0.05) is 54.1 Å². The lowest BCUT2D eigenvalue weighted by Crippen LogP contribution is -2.21. The number of methoxy groups -OCH3 is 1. The fourth-order valence-corrected chi connectivity index (χ4v) is 3.50. The van der Waals surface area contributed by atoms with Crippen LogP contribution in [0, 0.1) is 10.1 Å². The average molecular weight is 483 g/mol. The Bertz CT molecular complexity index is 1150. The number of halogens is 1. The molecular formula is C25H23ClN2O6. The van der Waals surface area contributed by atoms with Gasteiger partial charge in [-0.3, -0.25) is 14.9 Å². The van der Waals surface area contributed by atoms with Gasteiger partial charge in [0.1, 0.15) is 17.9 Å². The molecule has 1 amide bonds. The number of esters is 1. The molecule has 34 heavy (non-hydrogen) atoms. The molecule has 0 aromatic heterocycles. The molecule has 9 heteroatoms. The normalized spacial score (nSPS) is 11.4. The van der Waals surface area contributed by atoms with Gasteiger partial charge in [0.05, 0.1) is 13.0 Å². The molecule has 0 bridgehead atoms. The second kappa shape index (κ2) is 11.8. The highest BCUT2D eigenvalue weighted by Crippen LogP contribution is 2.27. The summed E-state index contributed by atoms with van der Waals surface area (Å²) in [7, 11) is 1.27. The predicted octanol–water partition coefficient (Wildman–Crippen LogP) is 5.09. The van der Waals surface area contributed by atoms with Crippen molar-refractivity contribution < 1.29 is 24.0 Å². The summed E-state index contributed by atoms with van der Waals surface area (Å²) in [5.41, 5.74) is 2.14. The van der Waals surface area contributed by atoms with Gasteiger partial charge < -0.3 is 14.8 Å². The Kier molecular flexibility index (Phi) is 8.59. The number of nitro groups is 1. The Morgan fingerprint density at radius 3 is 2.41 bits per heavy atom. The van der Waals surface area contributed by atoms with Gasteiger partial charge in [-0.15, -0.1) is 0 Å². The van der Waals surface area contributed by atoms with Crippen LogP contribution in [0.25, 0.3) is 0 Å². The quantitative estimate of drug-likeness (QED) is 0.245. The number of carbonyl (C=O) groups is 2. The number of anilines is 1. The lowest BCUT2D eigenvalue weighted by Gasteiger charge is -2.15. The number of carbonyl (C=O) groups excluding carboxylic acids is 2. The van der Waals surface area contributed by atoms with Crippen molar-refractivity contribution in [1.29, 1.82) is 0 Å². The number of nitrogens with one attached hydrogen (secondary N) is 1. The van der Waals surface area contributed by atoms with E-state index in [-0.39, 0.29) is 24.3 Å². The maximum atomic E-state index is 12.7. The third kappa shape index (κ3) is 7.05. The zero-order chi connectivity index (χ0) is 24.5. The van der Waals surface area contributed by atoms with Gasteiger partial charge in [0.2, 0.25) is 12.5 Å². The molecule has 8 nitrogen and oxygen atoms in total. The molecule has 0 aliphatic rings. The van der Waals surface area contributed by atoms with E-state index in [0.717, 1.165) is 5.56 Å². The molecule has 0 fully saturated rings. The van der Waals surface area contributed by atoms with E-state index in [2.05, 4.69) is 5.32 Å². The minimum atomic E-state index is -0.629. The van der Waals surface area contributed by atoms with Crippen molar-refractivity contribution in [3.63, 3.8) is 0 Å². The number of amides is 1. The number of hydrogen-bond donors (Lipinski definition) is 1. The zero-order valence-corrected chi connectivity index (χ0v) is 19.2.